The van der Waals surface area contributed by atoms with Crippen molar-refractivity contribution in [1.82, 2.24) is 15.5 Å². The van der Waals surface area contributed by atoms with Crippen molar-refractivity contribution in [3.8, 4) is 5.75 Å². The Morgan fingerprint density at radius 2 is 1.97 bits per heavy atom. The van der Waals surface area contributed by atoms with Gasteiger partial charge in [-0.2, -0.15) is 0 Å². The summed E-state index contributed by atoms with van der Waals surface area (Å²) in [6, 6.07) is 8.84. The van der Waals surface area contributed by atoms with E-state index < -0.39 is 0 Å². The largest absolute Gasteiger partial charge is 0.492 e. The lowest BCUT2D eigenvalue weighted by atomic mass is 9.87. The summed E-state index contributed by atoms with van der Waals surface area (Å²) in [5, 5.41) is 6.92. The van der Waals surface area contributed by atoms with Gasteiger partial charge in [0.25, 0.3) is 0 Å². The number of piperidine rings is 1. The summed E-state index contributed by atoms with van der Waals surface area (Å²) >= 11 is 0. The Labute approximate surface area is 177 Å². The Morgan fingerprint density at radius 3 is 2.62 bits per heavy atom. The molecule has 0 spiro atoms. The number of hydrogen-bond donors (Lipinski definition) is 2. The van der Waals surface area contributed by atoms with Crippen LogP contribution in [0, 0.1) is 0 Å². The smallest absolute Gasteiger partial charge is 0.191 e. The maximum Gasteiger partial charge on any atom is 0.191 e. The highest BCUT2D eigenvalue weighted by molar-refractivity contribution is 5.79. The molecule has 1 fully saturated rings. The van der Waals surface area contributed by atoms with Crippen LogP contribution in [0.5, 0.6) is 5.75 Å². The summed E-state index contributed by atoms with van der Waals surface area (Å²) in [6.07, 6.45) is 3.39. The lowest BCUT2D eigenvalue weighted by Crippen LogP contribution is -2.49. The molecule has 1 aliphatic heterocycles. The number of benzene rings is 1. The van der Waals surface area contributed by atoms with E-state index in [1.807, 2.05) is 13.1 Å². The Hall–Kier alpha value is -1.79. The van der Waals surface area contributed by atoms with Gasteiger partial charge in [0, 0.05) is 46.4 Å². The SMILES string of the molecule is CN=C(NCCOc1cccc(C(C)(C)C)c1)NC1CCN(CCCOC)CC1. The van der Waals surface area contributed by atoms with Crippen LogP contribution in [0.3, 0.4) is 0 Å². The first kappa shape index (κ1) is 23.5. The van der Waals surface area contributed by atoms with Crippen LogP contribution < -0.4 is 15.4 Å². The molecule has 0 atom stereocenters. The monoisotopic (exact) mass is 404 g/mol. The van der Waals surface area contributed by atoms with Crippen LogP contribution in [-0.2, 0) is 10.2 Å². The van der Waals surface area contributed by atoms with E-state index in [1.54, 1.807) is 7.11 Å². The van der Waals surface area contributed by atoms with Gasteiger partial charge >= 0.3 is 0 Å². The van der Waals surface area contributed by atoms with Gasteiger partial charge < -0.3 is 25.0 Å². The highest BCUT2D eigenvalue weighted by Crippen LogP contribution is 2.25. The van der Waals surface area contributed by atoms with Crippen molar-refractivity contribution >= 4 is 5.96 Å². The number of ether oxygens (including phenoxy) is 2. The van der Waals surface area contributed by atoms with E-state index in [0.29, 0.717) is 12.6 Å². The van der Waals surface area contributed by atoms with Crippen LogP contribution in [0.2, 0.25) is 0 Å². The minimum absolute atomic E-state index is 0.128. The van der Waals surface area contributed by atoms with Crippen LogP contribution in [-0.4, -0.2) is 70.5 Å². The second-order valence-electron chi connectivity index (χ2n) is 8.73. The third kappa shape index (κ3) is 8.62. The van der Waals surface area contributed by atoms with Gasteiger partial charge in [0.05, 0.1) is 6.54 Å². The molecular formula is C23H40N4O2. The summed E-state index contributed by atoms with van der Waals surface area (Å²) in [5.74, 6) is 1.78. The predicted octanol–water partition coefficient (Wildman–Crippen LogP) is 3.03. The standard InChI is InChI=1S/C23H40N4O2/c1-23(2,3)19-8-6-9-21(18-19)29-17-12-25-22(24-4)26-20-10-14-27(15-11-20)13-7-16-28-5/h6,8-9,18,20H,7,10-17H2,1-5H3,(H2,24,25,26). The molecule has 0 aromatic heterocycles. The molecule has 1 saturated heterocycles. The van der Waals surface area contributed by atoms with Crippen molar-refractivity contribution in [1.29, 1.82) is 0 Å². The van der Waals surface area contributed by atoms with E-state index in [2.05, 4.69) is 59.5 Å². The maximum absolute atomic E-state index is 5.93. The van der Waals surface area contributed by atoms with Gasteiger partial charge in [0.2, 0.25) is 0 Å². The summed E-state index contributed by atoms with van der Waals surface area (Å²) in [5.41, 5.74) is 1.41. The fourth-order valence-electron chi connectivity index (χ4n) is 3.51. The number of guanidine groups is 1. The van der Waals surface area contributed by atoms with E-state index >= 15 is 0 Å². The molecule has 6 nitrogen and oxygen atoms in total. The summed E-state index contributed by atoms with van der Waals surface area (Å²) in [6.45, 7) is 12.2. The zero-order valence-electron chi connectivity index (χ0n) is 19.0. The van der Waals surface area contributed by atoms with Crippen LogP contribution in [0.1, 0.15) is 45.6 Å². The first-order valence-electron chi connectivity index (χ1n) is 10.8. The van der Waals surface area contributed by atoms with Gasteiger partial charge in [-0.15, -0.1) is 0 Å². The molecule has 0 saturated carbocycles. The van der Waals surface area contributed by atoms with Crippen molar-refractivity contribution in [3.05, 3.63) is 29.8 Å². The minimum Gasteiger partial charge on any atom is -0.492 e. The van der Waals surface area contributed by atoms with Crippen LogP contribution in [0.25, 0.3) is 0 Å². The number of hydrogen-bond acceptors (Lipinski definition) is 4. The Kier molecular flexibility index (Phi) is 9.74. The van der Waals surface area contributed by atoms with E-state index in [4.69, 9.17) is 9.47 Å². The lowest BCUT2D eigenvalue weighted by Gasteiger charge is -2.33. The molecule has 1 aromatic carbocycles. The van der Waals surface area contributed by atoms with Crippen molar-refractivity contribution in [2.24, 2.45) is 4.99 Å². The first-order valence-corrected chi connectivity index (χ1v) is 10.8. The molecule has 2 N–H and O–H groups in total. The van der Waals surface area contributed by atoms with Crippen molar-refractivity contribution in [2.45, 2.75) is 51.5 Å². The van der Waals surface area contributed by atoms with E-state index in [1.165, 1.54) is 5.56 Å². The van der Waals surface area contributed by atoms with Gasteiger partial charge in [0.1, 0.15) is 12.4 Å². The number of likely N-dealkylation sites (tertiary alicyclic amines) is 1. The molecule has 1 aromatic rings. The third-order valence-corrected chi connectivity index (χ3v) is 5.34. The van der Waals surface area contributed by atoms with E-state index in [9.17, 15) is 0 Å². The molecule has 2 rings (SSSR count). The molecule has 1 aliphatic rings. The van der Waals surface area contributed by atoms with Crippen molar-refractivity contribution in [2.75, 3.05) is 53.6 Å². The highest BCUT2D eigenvalue weighted by atomic mass is 16.5. The fraction of sp³-hybridized carbons (Fsp3) is 0.696. The molecule has 1 heterocycles. The van der Waals surface area contributed by atoms with Crippen LogP contribution >= 0.6 is 0 Å². The van der Waals surface area contributed by atoms with E-state index in [0.717, 1.165) is 63.8 Å². The molecule has 0 unspecified atom stereocenters. The molecular weight excluding hydrogens is 364 g/mol. The molecule has 0 aliphatic carbocycles. The van der Waals surface area contributed by atoms with Crippen molar-refractivity contribution in [3.63, 3.8) is 0 Å². The zero-order chi connectivity index (χ0) is 21.1. The quantitative estimate of drug-likeness (QED) is 0.376. The molecule has 164 valence electrons. The highest BCUT2D eigenvalue weighted by Gasteiger charge is 2.19. The average Bonchev–Trinajstić information content (AvgIpc) is 2.71. The van der Waals surface area contributed by atoms with Crippen LogP contribution in [0.4, 0.5) is 0 Å². The zero-order valence-corrected chi connectivity index (χ0v) is 19.0. The topological polar surface area (TPSA) is 58.1 Å². The third-order valence-electron chi connectivity index (χ3n) is 5.34. The van der Waals surface area contributed by atoms with Gasteiger partial charge in [-0.3, -0.25) is 4.99 Å². The average molecular weight is 405 g/mol. The molecule has 6 heteroatoms. The van der Waals surface area contributed by atoms with Gasteiger partial charge in [-0.25, -0.2) is 0 Å². The molecule has 0 radical (unpaired) electrons. The maximum atomic E-state index is 5.93. The molecule has 0 bridgehead atoms. The lowest BCUT2D eigenvalue weighted by molar-refractivity contribution is 0.155. The fourth-order valence-corrected chi connectivity index (χ4v) is 3.51. The molecule has 0 amide bonds. The summed E-state index contributed by atoms with van der Waals surface area (Å²) in [4.78, 5) is 6.88. The first-order chi connectivity index (χ1) is 13.9. The minimum atomic E-state index is 0.128. The second kappa shape index (κ2) is 12.0. The number of nitrogens with one attached hydrogen (secondary N) is 2. The normalized spacial score (nSPS) is 16.7. The number of aliphatic imine (C=N–C) groups is 1. The van der Waals surface area contributed by atoms with Gasteiger partial charge in [-0.05, 0) is 42.4 Å². The predicted molar refractivity (Wildman–Crippen MR) is 121 cm³/mol. The van der Waals surface area contributed by atoms with E-state index in [-0.39, 0.29) is 5.41 Å². The second-order valence-corrected chi connectivity index (χ2v) is 8.73. The number of nitrogens with zero attached hydrogens (tertiary/aromatic N) is 2. The Balaban J connectivity index is 1.66. The van der Waals surface area contributed by atoms with Crippen LogP contribution in [0.15, 0.2) is 29.3 Å². The molecule has 29 heavy (non-hydrogen) atoms. The number of methoxy groups -OCH3 is 1. The number of rotatable bonds is 9. The van der Waals surface area contributed by atoms with Gasteiger partial charge in [0.15, 0.2) is 5.96 Å². The van der Waals surface area contributed by atoms with Crippen molar-refractivity contribution < 1.29 is 9.47 Å². The Bertz CT molecular complexity index is 620. The Morgan fingerprint density at radius 1 is 1.21 bits per heavy atom. The van der Waals surface area contributed by atoms with Gasteiger partial charge in [-0.1, -0.05) is 32.9 Å². The summed E-state index contributed by atoms with van der Waals surface area (Å²) in [7, 11) is 3.59. The summed E-state index contributed by atoms with van der Waals surface area (Å²) < 4.78 is 11.1.